The van der Waals surface area contributed by atoms with Crippen molar-refractivity contribution in [1.82, 2.24) is 29.8 Å². The first-order valence-corrected chi connectivity index (χ1v) is 9.58. The Labute approximate surface area is 164 Å². The van der Waals surface area contributed by atoms with Crippen LogP contribution in [-0.2, 0) is 11.3 Å². The molecule has 3 amide bonds. The molecule has 1 atom stereocenters. The molecular formula is C18H20N6O3S. The molecule has 146 valence electrons. The fourth-order valence-electron chi connectivity index (χ4n) is 2.73. The Balaban J connectivity index is 2.03. The summed E-state index contributed by atoms with van der Waals surface area (Å²) in [6.07, 6.45) is 1.61. The molecule has 9 nitrogen and oxygen atoms in total. The van der Waals surface area contributed by atoms with Crippen LogP contribution < -0.4 is 16.2 Å². The molecule has 3 aromatic rings. The molecule has 2 N–H and O–H groups in total. The Kier molecular flexibility index (Phi) is 5.78. The van der Waals surface area contributed by atoms with E-state index in [1.54, 1.807) is 42.5 Å². The predicted octanol–water partition coefficient (Wildman–Crippen LogP) is 1.56. The molecule has 0 bridgehead atoms. The Morgan fingerprint density at radius 1 is 1.32 bits per heavy atom. The summed E-state index contributed by atoms with van der Waals surface area (Å²) in [5.41, 5.74) is 0.459. The van der Waals surface area contributed by atoms with Gasteiger partial charge in [0.25, 0.3) is 5.56 Å². The van der Waals surface area contributed by atoms with Gasteiger partial charge in [-0.05, 0) is 26.0 Å². The van der Waals surface area contributed by atoms with E-state index in [1.165, 1.54) is 4.57 Å². The monoisotopic (exact) mass is 400 g/mol. The molecule has 0 aliphatic rings. The third-order valence-corrected chi connectivity index (χ3v) is 5.06. The number of para-hydroxylation sites is 1. The zero-order valence-corrected chi connectivity index (χ0v) is 16.3. The highest BCUT2D eigenvalue weighted by molar-refractivity contribution is 8.00. The highest BCUT2D eigenvalue weighted by Gasteiger charge is 2.22. The summed E-state index contributed by atoms with van der Waals surface area (Å²) >= 11 is 1.15. The average Bonchev–Trinajstić information content (AvgIpc) is 3.08. The lowest BCUT2D eigenvalue weighted by atomic mass is 10.2. The number of hydrogen-bond acceptors (Lipinski definition) is 6. The molecule has 0 fully saturated rings. The van der Waals surface area contributed by atoms with Crippen LogP contribution in [0.1, 0.15) is 13.8 Å². The van der Waals surface area contributed by atoms with Crippen LogP contribution in [0.4, 0.5) is 4.79 Å². The molecule has 28 heavy (non-hydrogen) atoms. The molecule has 0 radical (unpaired) electrons. The second-order valence-corrected chi connectivity index (χ2v) is 7.26. The summed E-state index contributed by atoms with van der Waals surface area (Å²) in [6, 6.07) is 6.59. The number of hydrogen-bond donors (Lipinski definition) is 2. The summed E-state index contributed by atoms with van der Waals surface area (Å²) in [6.45, 7) is 7.82. The van der Waals surface area contributed by atoms with Gasteiger partial charge in [0.05, 0.1) is 16.2 Å². The number of fused-ring (bicyclic) bond motifs is 3. The number of carbonyl (C=O) groups excluding carboxylic acids is 2. The van der Waals surface area contributed by atoms with Crippen molar-refractivity contribution in [2.45, 2.75) is 30.8 Å². The number of benzene rings is 1. The van der Waals surface area contributed by atoms with Crippen LogP contribution in [0.2, 0.25) is 0 Å². The topological polar surface area (TPSA) is 110 Å². The molecule has 0 aliphatic heterocycles. The lowest BCUT2D eigenvalue weighted by molar-refractivity contribution is -0.119. The molecule has 0 saturated carbocycles. The summed E-state index contributed by atoms with van der Waals surface area (Å²) < 4.78 is 3.21. The highest BCUT2D eigenvalue weighted by atomic mass is 32.2. The van der Waals surface area contributed by atoms with Crippen LogP contribution in [0, 0.1) is 0 Å². The smallest absolute Gasteiger partial charge is 0.321 e. The Morgan fingerprint density at radius 3 is 2.79 bits per heavy atom. The van der Waals surface area contributed by atoms with Gasteiger partial charge in [-0.25, -0.2) is 4.79 Å². The molecule has 1 aromatic carbocycles. The number of imide groups is 1. The van der Waals surface area contributed by atoms with E-state index in [-0.39, 0.29) is 12.1 Å². The molecular weight excluding hydrogens is 380 g/mol. The minimum absolute atomic E-state index is 0.186. The van der Waals surface area contributed by atoms with Crippen LogP contribution in [0.25, 0.3) is 16.7 Å². The minimum Gasteiger partial charge on any atom is -0.338 e. The summed E-state index contributed by atoms with van der Waals surface area (Å²) in [7, 11) is 0. The number of urea groups is 1. The van der Waals surface area contributed by atoms with Gasteiger partial charge in [0.15, 0.2) is 5.16 Å². The second-order valence-electron chi connectivity index (χ2n) is 5.95. The number of thioether (sulfide) groups is 1. The number of amides is 3. The summed E-state index contributed by atoms with van der Waals surface area (Å²) in [5.74, 6) is -0.0844. The van der Waals surface area contributed by atoms with Crippen LogP contribution in [0.15, 0.2) is 46.9 Å². The van der Waals surface area contributed by atoms with Gasteiger partial charge < -0.3 is 5.32 Å². The van der Waals surface area contributed by atoms with Crippen molar-refractivity contribution < 1.29 is 9.59 Å². The van der Waals surface area contributed by atoms with Gasteiger partial charge in [-0.15, -0.1) is 16.8 Å². The van der Waals surface area contributed by atoms with Gasteiger partial charge in [-0.1, -0.05) is 30.0 Å². The van der Waals surface area contributed by atoms with E-state index in [1.807, 2.05) is 6.07 Å². The zero-order valence-electron chi connectivity index (χ0n) is 15.5. The standard InChI is InChI=1S/C18H20N6O3S/c1-4-10-23-15(26)12-8-6-7-9-13(12)24-17(23)21-22-18(24)28-11(3)14(25)20-16(27)19-5-2/h4,6-9,11H,1,5,10H2,2-3H3,(H2,19,20,25,27). The largest absolute Gasteiger partial charge is 0.338 e. The summed E-state index contributed by atoms with van der Waals surface area (Å²) in [4.78, 5) is 36.6. The third kappa shape index (κ3) is 3.63. The number of allylic oxidation sites excluding steroid dienone is 1. The first-order chi connectivity index (χ1) is 13.5. The van der Waals surface area contributed by atoms with E-state index in [2.05, 4.69) is 27.4 Å². The lowest BCUT2D eigenvalue weighted by Gasteiger charge is -2.12. The number of nitrogens with one attached hydrogen (secondary N) is 2. The molecule has 2 heterocycles. The number of rotatable bonds is 6. The Bertz CT molecular complexity index is 1120. The number of nitrogens with zero attached hydrogens (tertiary/aromatic N) is 4. The van der Waals surface area contributed by atoms with E-state index in [0.717, 1.165) is 11.8 Å². The molecule has 0 aliphatic carbocycles. The van der Waals surface area contributed by atoms with Crippen molar-refractivity contribution in [3.63, 3.8) is 0 Å². The van der Waals surface area contributed by atoms with E-state index in [4.69, 9.17) is 0 Å². The van der Waals surface area contributed by atoms with Gasteiger partial charge in [0.1, 0.15) is 0 Å². The van der Waals surface area contributed by atoms with Crippen LogP contribution in [-0.4, -0.2) is 42.9 Å². The normalized spacial score (nSPS) is 12.1. The lowest BCUT2D eigenvalue weighted by Crippen LogP contribution is -2.42. The molecule has 1 unspecified atom stereocenters. The van der Waals surface area contributed by atoms with Gasteiger partial charge in [0.2, 0.25) is 11.7 Å². The minimum atomic E-state index is -0.603. The van der Waals surface area contributed by atoms with Gasteiger partial charge >= 0.3 is 6.03 Å². The fraction of sp³-hybridized carbons (Fsp3) is 0.278. The van der Waals surface area contributed by atoms with Crippen molar-refractivity contribution in [3.05, 3.63) is 47.3 Å². The molecule has 3 rings (SSSR count). The maximum Gasteiger partial charge on any atom is 0.321 e. The predicted molar refractivity (Wildman–Crippen MR) is 107 cm³/mol. The van der Waals surface area contributed by atoms with E-state index < -0.39 is 17.2 Å². The average molecular weight is 400 g/mol. The third-order valence-electron chi connectivity index (χ3n) is 4.02. The Morgan fingerprint density at radius 2 is 2.07 bits per heavy atom. The first kappa shape index (κ1) is 19.6. The first-order valence-electron chi connectivity index (χ1n) is 8.70. The maximum absolute atomic E-state index is 12.8. The van der Waals surface area contributed by atoms with E-state index >= 15 is 0 Å². The molecule has 2 aromatic heterocycles. The highest BCUT2D eigenvalue weighted by Crippen LogP contribution is 2.25. The molecule has 0 spiro atoms. The van der Waals surface area contributed by atoms with Gasteiger partial charge in [-0.2, -0.15) is 0 Å². The van der Waals surface area contributed by atoms with Crippen molar-refractivity contribution in [1.29, 1.82) is 0 Å². The van der Waals surface area contributed by atoms with Crippen molar-refractivity contribution in [3.8, 4) is 0 Å². The molecule has 0 saturated heterocycles. The number of carbonyl (C=O) groups is 2. The number of aromatic nitrogens is 4. The van der Waals surface area contributed by atoms with E-state index in [0.29, 0.717) is 28.4 Å². The zero-order chi connectivity index (χ0) is 20.3. The quantitative estimate of drug-likeness (QED) is 0.480. The van der Waals surface area contributed by atoms with Crippen molar-refractivity contribution in [2.75, 3.05) is 6.54 Å². The van der Waals surface area contributed by atoms with Gasteiger partial charge in [0, 0.05) is 13.1 Å². The Hall–Kier alpha value is -3.14. The van der Waals surface area contributed by atoms with Crippen LogP contribution in [0.5, 0.6) is 0 Å². The molecule has 10 heteroatoms. The van der Waals surface area contributed by atoms with E-state index in [9.17, 15) is 14.4 Å². The van der Waals surface area contributed by atoms with Crippen molar-refractivity contribution >= 4 is 40.4 Å². The summed E-state index contributed by atoms with van der Waals surface area (Å²) in [5, 5.41) is 13.5. The van der Waals surface area contributed by atoms with Gasteiger partial charge in [-0.3, -0.25) is 23.9 Å². The maximum atomic E-state index is 12.8. The second kappa shape index (κ2) is 8.26. The SMILES string of the molecule is C=CCn1c(=O)c2ccccc2n2c(SC(C)C(=O)NC(=O)NCC)nnc12. The fourth-order valence-corrected chi connectivity index (χ4v) is 3.59. The van der Waals surface area contributed by atoms with Crippen LogP contribution in [0.3, 0.4) is 0 Å². The van der Waals surface area contributed by atoms with Crippen LogP contribution >= 0.6 is 11.8 Å². The van der Waals surface area contributed by atoms with Crippen molar-refractivity contribution in [2.24, 2.45) is 0 Å².